The summed E-state index contributed by atoms with van der Waals surface area (Å²) in [5, 5.41) is 0.960. The Kier molecular flexibility index (Phi) is 3.93. The Balaban J connectivity index is 2.30. The monoisotopic (exact) mass is 293 g/mol. The molecular weight excluding hydrogens is 274 g/mol. The van der Waals surface area contributed by atoms with Crippen LogP contribution in [-0.2, 0) is 6.42 Å². The molecule has 1 aromatic carbocycles. The minimum Gasteiger partial charge on any atom is -0.374 e. The third kappa shape index (κ3) is 2.74. The molecule has 0 N–H and O–H groups in total. The quantitative estimate of drug-likeness (QED) is 0.758. The third-order valence-corrected chi connectivity index (χ3v) is 4.13. The van der Waals surface area contributed by atoms with Crippen molar-refractivity contribution >= 4 is 27.7 Å². The summed E-state index contributed by atoms with van der Waals surface area (Å²) in [5.41, 5.74) is 5.67. The first-order valence-corrected chi connectivity index (χ1v) is 7.34. The summed E-state index contributed by atoms with van der Waals surface area (Å²) >= 11 is 3.57. The number of benzene rings is 1. The highest BCUT2D eigenvalue weighted by Crippen LogP contribution is 2.28. The van der Waals surface area contributed by atoms with Crippen molar-refractivity contribution in [3.63, 3.8) is 0 Å². The average molecular weight is 294 g/mol. The van der Waals surface area contributed by atoms with E-state index in [0.717, 1.165) is 11.9 Å². The second kappa shape index (κ2) is 5.26. The lowest BCUT2D eigenvalue weighted by molar-refractivity contribution is 0.781. The first kappa shape index (κ1) is 12.7. The average Bonchev–Trinajstić information content (AvgIpc) is 2.67. The Bertz CT molecular complexity index is 435. The standard InChI is InChI=1S/C15H20BrN/c1-11(2)14(10-16)9-12-4-5-15-13(8-12)6-7-17(15)3/h4-5,8-9,11H,6-7,10H2,1-3H3. The molecule has 0 saturated heterocycles. The number of halogens is 1. The van der Waals surface area contributed by atoms with E-state index in [1.807, 2.05) is 0 Å². The maximum absolute atomic E-state index is 3.57. The largest absolute Gasteiger partial charge is 0.374 e. The van der Waals surface area contributed by atoms with Gasteiger partial charge in [-0.25, -0.2) is 0 Å². The highest BCUT2D eigenvalue weighted by atomic mass is 79.9. The lowest BCUT2D eigenvalue weighted by Gasteiger charge is -2.12. The predicted octanol–water partition coefficient (Wildman–Crippen LogP) is 4.11. The highest BCUT2D eigenvalue weighted by Gasteiger charge is 2.15. The lowest BCUT2D eigenvalue weighted by Crippen LogP contribution is -2.12. The van der Waals surface area contributed by atoms with E-state index < -0.39 is 0 Å². The summed E-state index contributed by atoms with van der Waals surface area (Å²) in [4.78, 5) is 2.33. The van der Waals surface area contributed by atoms with Crippen LogP contribution in [-0.4, -0.2) is 18.9 Å². The summed E-state index contributed by atoms with van der Waals surface area (Å²) in [6.07, 6.45) is 3.50. The van der Waals surface area contributed by atoms with Crippen LogP contribution in [0.25, 0.3) is 6.08 Å². The Morgan fingerprint density at radius 2 is 2.24 bits per heavy atom. The number of hydrogen-bond donors (Lipinski definition) is 0. The predicted molar refractivity (Wildman–Crippen MR) is 80.0 cm³/mol. The molecule has 17 heavy (non-hydrogen) atoms. The molecule has 1 nitrogen and oxygen atoms in total. The van der Waals surface area contributed by atoms with E-state index in [1.165, 1.54) is 28.8 Å². The van der Waals surface area contributed by atoms with Crippen LogP contribution in [0.5, 0.6) is 0 Å². The van der Waals surface area contributed by atoms with Crippen molar-refractivity contribution in [2.75, 3.05) is 23.8 Å². The summed E-state index contributed by atoms with van der Waals surface area (Å²) < 4.78 is 0. The molecule has 92 valence electrons. The van der Waals surface area contributed by atoms with Crippen molar-refractivity contribution < 1.29 is 0 Å². The van der Waals surface area contributed by atoms with Gasteiger partial charge in [-0.1, -0.05) is 47.5 Å². The van der Waals surface area contributed by atoms with Gasteiger partial charge in [0.15, 0.2) is 0 Å². The van der Waals surface area contributed by atoms with Crippen LogP contribution in [0.3, 0.4) is 0 Å². The number of allylic oxidation sites excluding steroid dienone is 1. The van der Waals surface area contributed by atoms with Gasteiger partial charge < -0.3 is 4.90 Å². The van der Waals surface area contributed by atoms with Crippen LogP contribution < -0.4 is 4.90 Å². The van der Waals surface area contributed by atoms with Crippen molar-refractivity contribution in [1.29, 1.82) is 0 Å². The van der Waals surface area contributed by atoms with Crippen LogP contribution in [0, 0.1) is 5.92 Å². The van der Waals surface area contributed by atoms with Gasteiger partial charge in [0.1, 0.15) is 0 Å². The molecule has 2 heteroatoms. The second-order valence-corrected chi connectivity index (χ2v) is 5.63. The first-order valence-electron chi connectivity index (χ1n) is 6.22. The van der Waals surface area contributed by atoms with E-state index in [2.05, 4.69) is 66.0 Å². The molecule has 0 radical (unpaired) electrons. The molecule has 0 unspecified atom stereocenters. The van der Waals surface area contributed by atoms with Gasteiger partial charge in [0.2, 0.25) is 0 Å². The van der Waals surface area contributed by atoms with Crippen LogP contribution in [0.4, 0.5) is 5.69 Å². The number of rotatable bonds is 3. The Hall–Kier alpha value is -0.760. The highest BCUT2D eigenvalue weighted by molar-refractivity contribution is 9.09. The smallest absolute Gasteiger partial charge is 0.0397 e. The second-order valence-electron chi connectivity index (χ2n) is 5.07. The number of alkyl halides is 1. The first-order chi connectivity index (χ1) is 8.11. The zero-order chi connectivity index (χ0) is 12.4. The molecule has 0 amide bonds. The molecule has 0 aliphatic carbocycles. The number of likely N-dealkylation sites (N-methyl/N-ethyl adjacent to an activating group) is 1. The Morgan fingerprint density at radius 3 is 2.88 bits per heavy atom. The fraction of sp³-hybridized carbons (Fsp3) is 0.467. The number of nitrogens with zero attached hydrogens (tertiary/aromatic N) is 1. The van der Waals surface area contributed by atoms with Crippen LogP contribution in [0.15, 0.2) is 23.8 Å². The number of anilines is 1. The van der Waals surface area contributed by atoms with Gasteiger partial charge in [-0.15, -0.1) is 0 Å². The van der Waals surface area contributed by atoms with Gasteiger partial charge in [0.25, 0.3) is 0 Å². The van der Waals surface area contributed by atoms with E-state index >= 15 is 0 Å². The fourth-order valence-corrected chi connectivity index (χ4v) is 3.06. The molecule has 2 rings (SSSR count). The van der Waals surface area contributed by atoms with Gasteiger partial charge in [0.05, 0.1) is 0 Å². The Labute approximate surface area is 113 Å². The van der Waals surface area contributed by atoms with Gasteiger partial charge in [0, 0.05) is 24.6 Å². The van der Waals surface area contributed by atoms with Gasteiger partial charge in [-0.3, -0.25) is 0 Å². The topological polar surface area (TPSA) is 3.24 Å². The molecule has 1 heterocycles. The maximum Gasteiger partial charge on any atom is 0.0397 e. The number of hydrogen-bond acceptors (Lipinski definition) is 1. The van der Waals surface area contributed by atoms with Crippen molar-refractivity contribution in [3.8, 4) is 0 Å². The summed E-state index contributed by atoms with van der Waals surface area (Å²) in [7, 11) is 2.17. The van der Waals surface area contributed by atoms with Crippen LogP contribution in [0.2, 0.25) is 0 Å². The van der Waals surface area contributed by atoms with Crippen molar-refractivity contribution in [2.45, 2.75) is 20.3 Å². The van der Waals surface area contributed by atoms with E-state index in [-0.39, 0.29) is 0 Å². The minimum atomic E-state index is 0.602. The van der Waals surface area contributed by atoms with Crippen LogP contribution in [0.1, 0.15) is 25.0 Å². The zero-order valence-electron chi connectivity index (χ0n) is 10.8. The van der Waals surface area contributed by atoms with Crippen molar-refractivity contribution in [1.82, 2.24) is 0 Å². The van der Waals surface area contributed by atoms with Crippen molar-refractivity contribution in [2.24, 2.45) is 5.92 Å². The van der Waals surface area contributed by atoms with Gasteiger partial charge >= 0.3 is 0 Å². The molecular formula is C15H20BrN. The lowest BCUT2D eigenvalue weighted by atomic mass is 10.0. The van der Waals surface area contributed by atoms with E-state index in [4.69, 9.17) is 0 Å². The summed E-state index contributed by atoms with van der Waals surface area (Å²) in [6, 6.07) is 6.82. The molecule has 0 bridgehead atoms. The molecule has 1 aliphatic rings. The zero-order valence-corrected chi connectivity index (χ0v) is 12.4. The van der Waals surface area contributed by atoms with E-state index in [1.54, 1.807) is 0 Å². The Morgan fingerprint density at radius 1 is 1.47 bits per heavy atom. The third-order valence-electron chi connectivity index (χ3n) is 3.48. The number of fused-ring (bicyclic) bond motifs is 1. The molecule has 1 aliphatic heterocycles. The minimum absolute atomic E-state index is 0.602. The molecule has 0 aromatic heterocycles. The molecule has 0 fully saturated rings. The summed E-state index contributed by atoms with van der Waals surface area (Å²) in [5.74, 6) is 0.602. The fourth-order valence-electron chi connectivity index (χ4n) is 2.25. The normalized spacial score (nSPS) is 15.6. The SMILES string of the molecule is CC(C)C(=Cc1ccc2c(c1)CCN2C)CBr. The van der Waals surface area contributed by atoms with Crippen LogP contribution >= 0.6 is 15.9 Å². The van der Waals surface area contributed by atoms with Gasteiger partial charge in [-0.05, 0) is 35.6 Å². The van der Waals surface area contributed by atoms with E-state index in [0.29, 0.717) is 5.92 Å². The van der Waals surface area contributed by atoms with E-state index in [9.17, 15) is 0 Å². The molecule has 0 spiro atoms. The molecule has 0 atom stereocenters. The van der Waals surface area contributed by atoms with Crippen molar-refractivity contribution in [3.05, 3.63) is 34.9 Å². The molecule has 0 saturated carbocycles. The maximum atomic E-state index is 3.57. The summed E-state index contributed by atoms with van der Waals surface area (Å²) in [6.45, 7) is 5.64. The molecule has 1 aromatic rings. The van der Waals surface area contributed by atoms with Gasteiger partial charge in [-0.2, -0.15) is 0 Å².